The molecule has 1 atom stereocenters. The van der Waals surface area contributed by atoms with Crippen LogP contribution in [0.5, 0.6) is 5.75 Å². The summed E-state index contributed by atoms with van der Waals surface area (Å²) in [6.45, 7) is 3.81. The van der Waals surface area contributed by atoms with Crippen molar-refractivity contribution in [3.63, 3.8) is 0 Å². The van der Waals surface area contributed by atoms with Crippen LogP contribution in [0.4, 0.5) is 11.4 Å². The molecule has 1 saturated heterocycles. The molecule has 2 N–H and O–H groups in total. The molecular formula is C21H23Cl2N3O2S. The Morgan fingerprint density at radius 3 is 2.45 bits per heavy atom. The lowest BCUT2D eigenvalue weighted by Gasteiger charge is -2.28. The fraction of sp³-hybridized carbons (Fsp3) is 0.333. The zero-order valence-corrected chi connectivity index (χ0v) is 18.4. The van der Waals surface area contributed by atoms with Gasteiger partial charge in [-0.1, -0.05) is 23.2 Å². The monoisotopic (exact) mass is 451 g/mol. The van der Waals surface area contributed by atoms with Crippen LogP contribution in [-0.2, 0) is 4.79 Å². The fourth-order valence-electron chi connectivity index (χ4n) is 3.10. The number of thiocarbonyl (C=S) groups is 1. The maximum Gasteiger partial charge on any atom is 0.266 e. The van der Waals surface area contributed by atoms with Crippen molar-refractivity contribution in [3.05, 3.63) is 52.5 Å². The highest BCUT2D eigenvalue weighted by Gasteiger charge is 2.18. The smallest absolute Gasteiger partial charge is 0.266 e. The summed E-state index contributed by atoms with van der Waals surface area (Å²) in [5, 5.41) is 6.70. The molecule has 1 amide bonds. The summed E-state index contributed by atoms with van der Waals surface area (Å²) in [6, 6.07) is 12.9. The molecule has 0 bridgehead atoms. The number of rotatable bonds is 5. The fourth-order valence-corrected chi connectivity index (χ4v) is 3.77. The van der Waals surface area contributed by atoms with Crippen molar-refractivity contribution in [1.82, 2.24) is 5.32 Å². The van der Waals surface area contributed by atoms with Crippen molar-refractivity contribution >= 4 is 57.8 Å². The predicted molar refractivity (Wildman–Crippen MR) is 123 cm³/mol. The quantitative estimate of drug-likeness (QED) is 0.606. The summed E-state index contributed by atoms with van der Waals surface area (Å²) in [5.41, 5.74) is 2.01. The Bertz CT molecular complexity index is 871. The molecule has 29 heavy (non-hydrogen) atoms. The third-order valence-electron chi connectivity index (χ3n) is 4.65. The number of hydrogen-bond donors (Lipinski definition) is 2. The van der Waals surface area contributed by atoms with Gasteiger partial charge in [0.2, 0.25) is 0 Å². The minimum Gasteiger partial charge on any atom is -0.479 e. The Balaban J connectivity index is 1.50. The van der Waals surface area contributed by atoms with E-state index in [0.29, 0.717) is 15.8 Å². The van der Waals surface area contributed by atoms with Crippen LogP contribution in [-0.4, -0.2) is 30.2 Å². The first-order valence-corrected chi connectivity index (χ1v) is 10.7. The molecule has 0 radical (unpaired) electrons. The number of ether oxygens (including phenoxy) is 1. The Morgan fingerprint density at radius 1 is 1.10 bits per heavy atom. The number of nitrogens with zero attached hydrogens (tertiary/aromatic N) is 1. The zero-order valence-electron chi connectivity index (χ0n) is 16.1. The first-order valence-electron chi connectivity index (χ1n) is 9.51. The van der Waals surface area contributed by atoms with E-state index < -0.39 is 6.10 Å². The van der Waals surface area contributed by atoms with Crippen LogP contribution in [0.25, 0.3) is 0 Å². The van der Waals surface area contributed by atoms with Crippen molar-refractivity contribution in [2.75, 3.05) is 23.3 Å². The summed E-state index contributed by atoms with van der Waals surface area (Å²) in [6.07, 6.45) is 2.99. The van der Waals surface area contributed by atoms with Crippen LogP contribution < -0.4 is 20.3 Å². The van der Waals surface area contributed by atoms with Crippen molar-refractivity contribution < 1.29 is 9.53 Å². The maximum absolute atomic E-state index is 12.3. The average Bonchev–Trinajstić information content (AvgIpc) is 2.71. The first-order chi connectivity index (χ1) is 13.9. The van der Waals surface area contributed by atoms with E-state index >= 15 is 0 Å². The van der Waals surface area contributed by atoms with Gasteiger partial charge in [0, 0.05) is 29.5 Å². The summed E-state index contributed by atoms with van der Waals surface area (Å²) >= 11 is 17.2. The highest BCUT2D eigenvalue weighted by Crippen LogP contribution is 2.28. The number of carbonyl (C=O) groups excluding carboxylic acids is 1. The number of nitrogens with one attached hydrogen (secondary N) is 2. The van der Waals surface area contributed by atoms with Gasteiger partial charge in [0.05, 0.1) is 5.02 Å². The Morgan fingerprint density at radius 2 is 1.79 bits per heavy atom. The molecule has 2 aromatic rings. The molecule has 2 aromatic carbocycles. The third-order valence-corrected chi connectivity index (χ3v) is 5.38. The highest BCUT2D eigenvalue weighted by atomic mass is 35.5. The number of hydrogen-bond acceptors (Lipinski definition) is 4. The van der Waals surface area contributed by atoms with Gasteiger partial charge in [0.1, 0.15) is 5.75 Å². The standard InChI is InChI=1S/C21H23Cl2N3O2S/c1-14(28-19-10-5-15(22)13-18(19)23)20(27)25-21(29)24-16-6-8-17(9-7-16)26-11-3-2-4-12-26/h5-10,13-14H,2-4,11-12H2,1H3,(H2,24,25,27,29)/t14-/m1/s1. The molecule has 1 heterocycles. The predicted octanol–water partition coefficient (Wildman–Crippen LogP) is 5.26. The summed E-state index contributed by atoms with van der Waals surface area (Å²) in [4.78, 5) is 14.7. The SMILES string of the molecule is C[C@@H](Oc1ccc(Cl)cc1Cl)C(=O)NC(=S)Nc1ccc(N2CCCCC2)cc1. The molecule has 0 spiro atoms. The van der Waals surface area contributed by atoms with Gasteiger partial charge in [-0.05, 0) is 80.9 Å². The minimum absolute atomic E-state index is 0.207. The van der Waals surface area contributed by atoms with E-state index in [1.807, 2.05) is 12.1 Å². The molecule has 1 aliphatic rings. The number of anilines is 2. The molecule has 0 aliphatic carbocycles. The lowest BCUT2D eigenvalue weighted by Crippen LogP contribution is -2.42. The van der Waals surface area contributed by atoms with Gasteiger partial charge in [-0.25, -0.2) is 0 Å². The molecule has 0 unspecified atom stereocenters. The average molecular weight is 452 g/mol. The minimum atomic E-state index is -0.782. The van der Waals surface area contributed by atoms with Crippen LogP contribution >= 0.6 is 35.4 Å². The summed E-state index contributed by atoms with van der Waals surface area (Å²) < 4.78 is 5.60. The van der Waals surface area contributed by atoms with E-state index in [1.165, 1.54) is 24.9 Å². The van der Waals surface area contributed by atoms with E-state index in [1.54, 1.807) is 25.1 Å². The third kappa shape index (κ3) is 6.23. The van der Waals surface area contributed by atoms with Gasteiger partial charge in [-0.2, -0.15) is 0 Å². The lowest BCUT2D eigenvalue weighted by molar-refractivity contribution is -0.125. The number of carbonyl (C=O) groups is 1. The second-order valence-corrected chi connectivity index (χ2v) is 8.12. The normalized spacial score (nSPS) is 14.8. The van der Waals surface area contributed by atoms with Crippen LogP contribution in [0.3, 0.4) is 0 Å². The van der Waals surface area contributed by atoms with E-state index in [0.717, 1.165) is 18.8 Å². The van der Waals surface area contributed by atoms with Gasteiger partial charge >= 0.3 is 0 Å². The number of amides is 1. The van der Waals surface area contributed by atoms with Gasteiger partial charge in [0.15, 0.2) is 11.2 Å². The van der Waals surface area contributed by atoms with Crippen LogP contribution in [0.2, 0.25) is 10.0 Å². The zero-order chi connectivity index (χ0) is 20.8. The molecular weight excluding hydrogens is 429 g/mol. The second kappa shape index (κ2) is 10.1. The Hall–Kier alpha value is -2.02. The van der Waals surface area contributed by atoms with Crippen LogP contribution in [0.1, 0.15) is 26.2 Å². The molecule has 1 fully saturated rings. The van der Waals surface area contributed by atoms with Crippen LogP contribution in [0, 0.1) is 0 Å². The van der Waals surface area contributed by atoms with Gasteiger partial charge in [-0.3, -0.25) is 10.1 Å². The highest BCUT2D eigenvalue weighted by molar-refractivity contribution is 7.80. The largest absolute Gasteiger partial charge is 0.479 e. The number of piperidine rings is 1. The second-order valence-electron chi connectivity index (χ2n) is 6.87. The van der Waals surface area contributed by atoms with E-state index in [4.69, 9.17) is 40.2 Å². The first kappa shape index (κ1) is 21.7. The molecule has 5 nitrogen and oxygen atoms in total. The topological polar surface area (TPSA) is 53.6 Å². The number of benzene rings is 2. The molecule has 0 saturated carbocycles. The molecule has 154 valence electrons. The summed E-state index contributed by atoms with van der Waals surface area (Å²) in [7, 11) is 0. The van der Waals surface area contributed by atoms with Crippen molar-refractivity contribution in [3.8, 4) is 5.75 Å². The van der Waals surface area contributed by atoms with Gasteiger partial charge in [0.25, 0.3) is 5.91 Å². The maximum atomic E-state index is 12.3. The molecule has 3 rings (SSSR count). The van der Waals surface area contributed by atoms with Crippen molar-refractivity contribution in [2.24, 2.45) is 0 Å². The van der Waals surface area contributed by atoms with E-state index in [-0.39, 0.29) is 11.0 Å². The van der Waals surface area contributed by atoms with Crippen molar-refractivity contribution in [2.45, 2.75) is 32.3 Å². The summed E-state index contributed by atoms with van der Waals surface area (Å²) in [5.74, 6) is 0.00403. The van der Waals surface area contributed by atoms with E-state index in [2.05, 4.69) is 27.7 Å². The molecule has 8 heteroatoms. The lowest BCUT2D eigenvalue weighted by atomic mass is 10.1. The van der Waals surface area contributed by atoms with Crippen LogP contribution in [0.15, 0.2) is 42.5 Å². The molecule has 1 aliphatic heterocycles. The van der Waals surface area contributed by atoms with Crippen molar-refractivity contribution in [1.29, 1.82) is 0 Å². The van der Waals surface area contributed by atoms with E-state index in [9.17, 15) is 4.79 Å². The number of halogens is 2. The molecule has 0 aromatic heterocycles. The Labute approximate surface area is 186 Å². The Kier molecular flexibility index (Phi) is 7.58. The van der Waals surface area contributed by atoms with Gasteiger partial charge in [-0.15, -0.1) is 0 Å². The van der Waals surface area contributed by atoms with Gasteiger partial charge < -0.3 is 15.0 Å².